The lowest BCUT2D eigenvalue weighted by molar-refractivity contribution is 0.326. The van der Waals surface area contributed by atoms with Crippen LogP contribution in [-0.2, 0) is 17.6 Å². The second-order valence-corrected chi connectivity index (χ2v) is 5.85. The summed E-state index contributed by atoms with van der Waals surface area (Å²) in [6.07, 6.45) is 0.893. The number of hydrogen-bond donors (Lipinski definition) is 1. The van der Waals surface area contributed by atoms with Crippen molar-refractivity contribution in [1.29, 1.82) is 0 Å². The van der Waals surface area contributed by atoms with E-state index in [1.54, 1.807) is 0 Å². The SMILES string of the molecule is NC(Cc1ccccc1)CN1CC[S+]([O-])C1. The van der Waals surface area contributed by atoms with Crippen molar-refractivity contribution in [1.82, 2.24) is 4.90 Å². The number of nitrogens with zero attached hydrogens (tertiary/aromatic N) is 1. The zero-order chi connectivity index (χ0) is 11.4. The number of benzene rings is 1. The zero-order valence-corrected chi connectivity index (χ0v) is 10.2. The Labute approximate surface area is 99.8 Å². The van der Waals surface area contributed by atoms with Crippen LogP contribution in [0.25, 0.3) is 0 Å². The van der Waals surface area contributed by atoms with Gasteiger partial charge in [0.25, 0.3) is 0 Å². The quantitative estimate of drug-likeness (QED) is 0.781. The lowest BCUT2D eigenvalue weighted by Crippen LogP contribution is -2.37. The predicted octanol–water partition coefficient (Wildman–Crippen LogP) is 0.578. The third kappa shape index (κ3) is 3.49. The monoisotopic (exact) mass is 238 g/mol. The van der Waals surface area contributed by atoms with Gasteiger partial charge in [0, 0.05) is 19.1 Å². The standard InChI is InChI=1S/C12H18N2OS/c13-12(8-11-4-2-1-3-5-11)9-14-6-7-16(15)10-14/h1-5,12H,6-10,13H2. The summed E-state index contributed by atoms with van der Waals surface area (Å²) >= 11 is -0.645. The topological polar surface area (TPSA) is 52.3 Å². The largest absolute Gasteiger partial charge is 0.615 e. The molecule has 1 fully saturated rings. The number of hydrogen-bond acceptors (Lipinski definition) is 3. The minimum atomic E-state index is -0.645. The first-order valence-electron chi connectivity index (χ1n) is 5.61. The van der Waals surface area contributed by atoms with E-state index in [4.69, 9.17) is 5.73 Å². The molecule has 3 nitrogen and oxygen atoms in total. The van der Waals surface area contributed by atoms with Crippen molar-refractivity contribution in [3.05, 3.63) is 35.9 Å². The summed E-state index contributed by atoms with van der Waals surface area (Å²) < 4.78 is 11.2. The van der Waals surface area contributed by atoms with Gasteiger partial charge in [-0.15, -0.1) is 0 Å². The molecule has 2 atom stereocenters. The molecule has 16 heavy (non-hydrogen) atoms. The van der Waals surface area contributed by atoms with Crippen molar-refractivity contribution in [2.24, 2.45) is 5.73 Å². The van der Waals surface area contributed by atoms with Crippen molar-refractivity contribution in [3.63, 3.8) is 0 Å². The van der Waals surface area contributed by atoms with Crippen molar-refractivity contribution >= 4 is 11.2 Å². The molecule has 0 aromatic heterocycles. The maximum Gasteiger partial charge on any atom is 0.159 e. The first-order chi connectivity index (χ1) is 7.74. The first-order valence-corrected chi connectivity index (χ1v) is 7.09. The van der Waals surface area contributed by atoms with Crippen LogP contribution in [0.1, 0.15) is 5.56 Å². The molecular weight excluding hydrogens is 220 g/mol. The Morgan fingerprint density at radius 3 is 2.75 bits per heavy atom. The fourth-order valence-electron chi connectivity index (χ4n) is 2.02. The fourth-order valence-corrected chi connectivity index (χ4v) is 3.25. The van der Waals surface area contributed by atoms with E-state index < -0.39 is 11.2 Å². The van der Waals surface area contributed by atoms with Gasteiger partial charge in [0.05, 0.1) is 0 Å². The zero-order valence-electron chi connectivity index (χ0n) is 9.34. The highest BCUT2D eigenvalue weighted by atomic mass is 32.2. The third-order valence-corrected chi connectivity index (χ3v) is 4.09. The van der Waals surface area contributed by atoms with Crippen molar-refractivity contribution < 1.29 is 4.55 Å². The Bertz CT molecular complexity index is 320. The van der Waals surface area contributed by atoms with Gasteiger partial charge < -0.3 is 10.3 Å². The molecule has 0 bridgehead atoms. The van der Waals surface area contributed by atoms with Gasteiger partial charge in [-0.1, -0.05) is 30.3 Å². The van der Waals surface area contributed by atoms with E-state index in [0.717, 1.165) is 25.3 Å². The molecule has 2 unspecified atom stereocenters. The molecule has 88 valence electrons. The highest BCUT2D eigenvalue weighted by molar-refractivity contribution is 7.91. The molecule has 2 rings (SSSR count). The molecule has 1 aliphatic heterocycles. The second-order valence-electron chi connectivity index (χ2n) is 4.30. The summed E-state index contributed by atoms with van der Waals surface area (Å²) in [5, 5.41) is 0. The van der Waals surface area contributed by atoms with E-state index in [2.05, 4.69) is 17.0 Å². The molecule has 1 aromatic rings. The third-order valence-electron chi connectivity index (χ3n) is 2.80. The molecule has 1 saturated heterocycles. The molecule has 0 aliphatic carbocycles. The Hall–Kier alpha value is -0.550. The van der Waals surface area contributed by atoms with Crippen LogP contribution in [0, 0.1) is 0 Å². The van der Waals surface area contributed by atoms with E-state index in [1.165, 1.54) is 5.56 Å². The van der Waals surface area contributed by atoms with Crippen LogP contribution < -0.4 is 5.73 Å². The minimum absolute atomic E-state index is 0.137. The number of nitrogens with two attached hydrogens (primary N) is 1. The normalized spacial score (nSPS) is 23.5. The Kier molecular flexibility index (Phi) is 4.23. The van der Waals surface area contributed by atoms with Crippen LogP contribution in [0.2, 0.25) is 0 Å². The average molecular weight is 238 g/mol. The van der Waals surface area contributed by atoms with E-state index in [0.29, 0.717) is 5.88 Å². The smallest absolute Gasteiger partial charge is 0.159 e. The first kappa shape index (κ1) is 11.9. The molecule has 4 heteroatoms. The van der Waals surface area contributed by atoms with Gasteiger partial charge >= 0.3 is 0 Å². The van der Waals surface area contributed by atoms with E-state index >= 15 is 0 Å². The van der Waals surface area contributed by atoms with Crippen molar-refractivity contribution in [2.75, 3.05) is 24.7 Å². The van der Waals surface area contributed by atoms with Gasteiger partial charge in [-0.25, -0.2) is 0 Å². The van der Waals surface area contributed by atoms with E-state index in [1.807, 2.05) is 18.2 Å². The lowest BCUT2D eigenvalue weighted by Gasteiger charge is -2.18. The summed E-state index contributed by atoms with van der Waals surface area (Å²) in [5.74, 6) is 1.50. The molecule has 1 heterocycles. The summed E-state index contributed by atoms with van der Waals surface area (Å²) in [5.41, 5.74) is 7.36. The van der Waals surface area contributed by atoms with Gasteiger partial charge in [0.15, 0.2) is 5.88 Å². The van der Waals surface area contributed by atoms with Crippen LogP contribution >= 0.6 is 0 Å². The van der Waals surface area contributed by atoms with Gasteiger partial charge in [-0.2, -0.15) is 0 Å². The van der Waals surface area contributed by atoms with Crippen LogP contribution in [-0.4, -0.2) is 40.2 Å². The molecule has 1 aliphatic rings. The molecule has 0 radical (unpaired) electrons. The number of rotatable bonds is 4. The van der Waals surface area contributed by atoms with Crippen LogP contribution in [0.5, 0.6) is 0 Å². The minimum Gasteiger partial charge on any atom is -0.615 e. The maximum atomic E-state index is 11.2. The molecule has 0 amide bonds. The van der Waals surface area contributed by atoms with Gasteiger partial charge in [0.1, 0.15) is 5.75 Å². The molecule has 0 saturated carbocycles. The fraction of sp³-hybridized carbons (Fsp3) is 0.500. The lowest BCUT2D eigenvalue weighted by atomic mass is 10.1. The predicted molar refractivity (Wildman–Crippen MR) is 67.6 cm³/mol. The van der Waals surface area contributed by atoms with Crippen LogP contribution in [0.4, 0.5) is 0 Å². The molecule has 0 spiro atoms. The molecule has 1 aromatic carbocycles. The van der Waals surface area contributed by atoms with Gasteiger partial charge in [0.2, 0.25) is 0 Å². The molecule has 2 N–H and O–H groups in total. The Morgan fingerprint density at radius 2 is 2.12 bits per heavy atom. The average Bonchev–Trinajstić information content (AvgIpc) is 2.65. The second kappa shape index (κ2) is 5.68. The Balaban J connectivity index is 1.78. The summed E-state index contributed by atoms with van der Waals surface area (Å²) in [7, 11) is 0. The van der Waals surface area contributed by atoms with Gasteiger partial charge in [-0.05, 0) is 23.2 Å². The summed E-state index contributed by atoms with van der Waals surface area (Å²) in [6, 6.07) is 10.4. The Morgan fingerprint density at radius 1 is 1.38 bits per heavy atom. The highest BCUT2D eigenvalue weighted by Gasteiger charge is 2.24. The summed E-state index contributed by atoms with van der Waals surface area (Å²) in [4.78, 5) is 2.20. The van der Waals surface area contributed by atoms with Crippen LogP contribution in [0.15, 0.2) is 30.3 Å². The van der Waals surface area contributed by atoms with Crippen molar-refractivity contribution in [3.8, 4) is 0 Å². The highest BCUT2D eigenvalue weighted by Crippen LogP contribution is 2.09. The van der Waals surface area contributed by atoms with Crippen molar-refractivity contribution in [2.45, 2.75) is 12.5 Å². The summed E-state index contributed by atoms with van der Waals surface area (Å²) in [6.45, 7) is 1.77. The van der Waals surface area contributed by atoms with E-state index in [-0.39, 0.29) is 6.04 Å². The van der Waals surface area contributed by atoms with Gasteiger partial charge in [-0.3, -0.25) is 4.90 Å². The van der Waals surface area contributed by atoms with E-state index in [9.17, 15) is 4.55 Å². The molecular formula is C12H18N2OS. The van der Waals surface area contributed by atoms with Crippen LogP contribution in [0.3, 0.4) is 0 Å². The maximum absolute atomic E-state index is 11.2.